The third-order valence-corrected chi connectivity index (χ3v) is 5.24. The number of rotatable bonds is 5. The van der Waals surface area contributed by atoms with Crippen molar-refractivity contribution in [2.24, 2.45) is 4.99 Å². The number of nitrogens with one attached hydrogen (secondary N) is 1. The van der Waals surface area contributed by atoms with Gasteiger partial charge in [-0.2, -0.15) is 0 Å². The average Bonchev–Trinajstić information content (AvgIpc) is 3.04. The summed E-state index contributed by atoms with van der Waals surface area (Å²) in [5.41, 5.74) is 0.340. The maximum absolute atomic E-state index is 11.7. The Labute approximate surface area is 172 Å². The zero-order chi connectivity index (χ0) is 21.0. The maximum atomic E-state index is 11.7. The maximum Gasteiger partial charge on any atom is 0.303 e. The van der Waals surface area contributed by atoms with Gasteiger partial charge in [-0.15, -0.1) is 0 Å². The van der Waals surface area contributed by atoms with Gasteiger partial charge in [0.25, 0.3) is 0 Å². The summed E-state index contributed by atoms with van der Waals surface area (Å²) in [5.74, 6) is -1.61. The van der Waals surface area contributed by atoms with Gasteiger partial charge >= 0.3 is 17.9 Å². The number of ether oxygens (including phenoxy) is 4. The first-order valence-electron chi connectivity index (χ1n) is 9.03. The van der Waals surface area contributed by atoms with E-state index in [1.165, 1.54) is 32.5 Å². The van der Waals surface area contributed by atoms with E-state index in [0.717, 1.165) is 5.69 Å². The molecule has 10 heteroatoms. The van der Waals surface area contributed by atoms with E-state index < -0.39 is 47.7 Å². The van der Waals surface area contributed by atoms with Crippen LogP contribution in [0, 0.1) is 0 Å². The molecule has 2 heterocycles. The highest BCUT2D eigenvalue weighted by Crippen LogP contribution is 2.39. The standard InChI is InChI=1S/C19H22N2O7S/c1-10(22)25-9-14-16(26-11(2)23)17(27-12(3)24)15-18(28-14)29-19(21-15)20-13-7-5-4-6-8-13/h4-8,14-18H,9H2,1-3H3,(H,20,21)/t14-,15-,16-,17-,18-/m1/s1. The van der Waals surface area contributed by atoms with Gasteiger partial charge in [-0.3, -0.25) is 19.4 Å². The monoisotopic (exact) mass is 422 g/mol. The summed E-state index contributed by atoms with van der Waals surface area (Å²) in [6, 6.07) is 8.87. The van der Waals surface area contributed by atoms with Gasteiger partial charge in [0, 0.05) is 26.5 Å². The van der Waals surface area contributed by atoms with Gasteiger partial charge in [0.05, 0.1) is 0 Å². The molecule has 0 spiro atoms. The number of fused-ring (bicyclic) bond motifs is 1. The Hall–Kier alpha value is -2.59. The molecule has 2 aliphatic rings. The lowest BCUT2D eigenvalue weighted by Crippen LogP contribution is -2.59. The molecule has 2 aliphatic heterocycles. The topological polar surface area (TPSA) is 113 Å². The Bertz CT molecular complexity index is 801. The third kappa shape index (κ3) is 5.48. The van der Waals surface area contributed by atoms with Crippen LogP contribution in [0.15, 0.2) is 35.3 Å². The lowest BCUT2D eigenvalue weighted by atomic mass is 9.98. The van der Waals surface area contributed by atoms with Crippen molar-refractivity contribution >= 4 is 40.5 Å². The number of amidine groups is 1. The van der Waals surface area contributed by atoms with E-state index in [-0.39, 0.29) is 6.61 Å². The SMILES string of the molecule is CC(=O)OC[C@H]1O[C@@H]2SC(Nc3ccccc3)=N[C@@H]2[C@@H](OC(C)=O)[C@@H]1OC(C)=O. The minimum absolute atomic E-state index is 0.143. The van der Waals surface area contributed by atoms with Gasteiger partial charge < -0.3 is 24.3 Å². The number of hydrogen-bond donors (Lipinski definition) is 1. The summed E-state index contributed by atoms with van der Waals surface area (Å²) in [4.78, 5) is 39.2. The highest BCUT2D eigenvalue weighted by molar-refractivity contribution is 8.14. The van der Waals surface area contributed by atoms with Crippen molar-refractivity contribution in [1.29, 1.82) is 0 Å². The smallest absolute Gasteiger partial charge is 0.303 e. The first-order chi connectivity index (χ1) is 13.8. The van der Waals surface area contributed by atoms with Crippen LogP contribution in [0.5, 0.6) is 0 Å². The number of esters is 3. The molecule has 156 valence electrons. The predicted octanol–water partition coefficient (Wildman–Crippen LogP) is 1.72. The molecule has 1 aromatic rings. The Morgan fingerprint density at radius 2 is 1.69 bits per heavy atom. The van der Waals surface area contributed by atoms with Crippen molar-refractivity contribution in [3.63, 3.8) is 0 Å². The van der Waals surface area contributed by atoms with Crippen molar-refractivity contribution < 1.29 is 33.3 Å². The molecule has 1 fully saturated rings. The first-order valence-corrected chi connectivity index (χ1v) is 9.91. The number of para-hydroxylation sites is 1. The van der Waals surface area contributed by atoms with Gasteiger partial charge in [0.2, 0.25) is 0 Å². The molecule has 0 unspecified atom stereocenters. The molecule has 0 aromatic heterocycles. The lowest BCUT2D eigenvalue weighted by Gasteiger charge is -2.41. The molecule has 0 radical (unpaired) electrons. The van der Waals surface area contributed by atoms with Crippen molar-refractivity contribution in [3.05, 3.63) is 30.3 Å². The second-order valence-electron chi connectivity index (χ2n) is 6.53. The van der Waals surface area contributed by atoms with Gasteiger partial charge in [-0.1, -0.05) is 30.0 Å². The van der Waals surface area contributed by atoms with E-state index in [2.05, 4.69) is 10.3 Å². The van der Waals surface area contributed by atoms with Crippen molar-refractivity contribution in [2.45, 2.75) is 50.6 Å². The minimum Gasteiger partial charge on any atom is -0.463 e. The number of anilines is 1. The molecule has 3 rings (SSSR count). The zero-order valence-electron chi connectivity index (χ0n) is 16.2. The summed E-state index contributed by atoms with van der Waals surface area (Å²) < 4.78 is 21.9. The fraction of sp³-hybridized carbons (Fsp3) is 0.474. The number of nitrogens with zero attached hydrogens (tertiary/aromatic N) is 1. The lowest BCUT2D eigenvalue weighted by molar-refractivity contribution is -0.208. The molecule has 29 heavy (non-hydrogen) atoms. The Morgan fingerprint density at radius 3 is 2.31 bits per heavy atom. The minimum atomic E-state index is -0.961. The summed E-state index contributed by atoms with van der Waals surface area (Å²) in [5, 5.41) is 3.77. The Balaban J connectivity index is 1.84. The number of carbonyl (C=O) groups is 3. The molecule has 1 saturated heterocycles. The molecular formula is C19H22N2O7S. The highest BCUT2D eigenvalue weighted by Gasteiger charge is 2.53. The van der Waals surface area contributed by atoms with Crippen LogP contribution in [0.1, 0.15) is 20.8 Å². The van der Waals surface area contributed by atoms with Crippen LogP contribution >= 0.6 is 11.8 Å². The van der Waals surface area contributed by atoms with E-state index in [0.29, 0.717) is 5.17 Å². The van der Waals surface area contributed by atoms with Crippen LogP contribution in [0.4, 0.5) is 5.69 Å². The molecule has 0 saturated carbocycles. The summed E-state index contributed by atoms with van der Waals surface area (Å²) in [6.45, 7) is 3.64. The predicted molar refractivity (Wildman–Crippen MR) is 105 cm³/mol. The third-order valence-electron chi connectivity index (χ3n) is 4.19. The normalized spacial score (nSPS) is 28.0. The van der Waals surface area contributed by atoms with Crippen LogP contribution in [0.25, 0.3) is 0 Å². The number of hydrogen-bond acceptors (Lipinski definition) is 10. The Kier molecular flexibility index (Phi) is 6.75. The number of benzene rings is 1. The molecule has 0 amide bonds. The van der Waals surface area contributed by atoms with Gasteiger partial charge in [-0.05, 0) is 12.1 Å². The molecule has 1 N–H and O–H groups in total. The van der Waals surface area contributed by atoms with Gasteiger partial charge in [0.15, 0.2) is 17.4 Å². The zero-order valence-corrected chi connectivity index (χ0v) is 17.0. The van der Waals surface area contributed by atoms with E-state index in [1.807, 2.05) is 30.3 Å². The second kappa shape index (κ2) is 9.27. The van der Waals surface area contributed by atoms with Gasteiger partial charge in [0.1, 0.15) is 24.2 Å². The molecular weight excluding hydrogens is 400 g/mol. The van der Waals surface area contributed by atoms with Crippen molar-refractivity contribution in [2.75, 3.05) is 11.9 Å². The van der Waals surface area contributed by atoms with Crippen LogP contribution in [-0.4, -0.2) is 59.5 Å². The van der Waals surface area contributed by atoms with E-state index in [9.17, 15) is 14.4 Å². The summed E-state index contributed by atoms with van der Waals surface area (Å²) >= 11 is 1.32. The average molecular weight is 422 g/mol. The first kappa shape index (κ1) is 21.1. The van der Waals surface area contributed by atoms with Crippen LogP contribution in [-0.2, 0) is 33.3 Å². The van der Waals surface area contributed by atoms with E-state index in [1.54, 1.807) is 0 Å². The highest BCUT2D eigenvalue weighted by atomic mass is 32.2. The van der Waals surface area contributed by atoms with Gasteiger partial charge in [-0.25, -0.2) is 0 Å². The van der Waals surface area contributed by atoms with Crippen LogP contribution in [0.2, 0.25) is 0 Å². The molecule has 9 nitrogen and oxygen atoms in total. The number of carbonyl (C=O) groups excluding carboxylic acids is 3. The Morgan fingerprint density at radius 1 is 1.03 bits per heavy atom. The summed E-state index contributed by atoms with van der Waals surface area (Å²) in [7, 11) is 0. The number of aliphatic imine (C=N–C) groups is 1. The fourth-order valence-corrected chi connectivity index (χ4v) is 4.23. The second-order valence-corrected chi connectivity index (χ2v) is 7.61. The molecule has 1 aromatic carbocycles. The van der Waals surface area contributed by atoms with Crippen molar-refractivity contribution in [3.8, 4) is 0 Å². The molecule has 0 bridgehead atoms. The van der Waals surface area contributed by atoms with Crippen LogP contribution < -0.4 is 5.32 Å². The van der Waals surface area contributed by atoms with Crippen LogP contribution in [0.3, 0.4) is 0 Å². The largest absolute Gasteiger partial charge is 0.463 e. The van der Waals surface area contributed by atoms with E-state index in [4.69, 9.17) is 18.9 Å². The fourth-order valence-electron chi connectivity index (χ4n) is 3.10. The molecule has 0 aliphatic carbocycles. The van der Waals surface area contributed by atoms with Crippen molar-refractivity contribution in [1.82, 2.24) is 0 Å². The van der Waals surface area contributed by atoms with E-state index >= 15 is 0 Å². The summed E-state index contributed by atoms with van der Waals surface area (Å²) in [6.07, 6.45) is -2.64. The number of thioether (sulfide) groups is 1. The quantitative estimate of drug-likeness (QED) is 0.560. The molecule has 5 atom stereocenters.